The van der Waals surface area contributed by atoms with Gasteiger partial charge in [0, 0.05) is 27.5 Å². The Morgan fingerprint density at radius 3 is 1.64 bits per heavy atom. The minimum Gasteiger partial charge on any atom is -0.308 e. The summed E-state index contributed by atoms with van der Waals surface area (Å²) in [6.45, 7) is 0. The van der Waals surface area contributed by atoms with Gasteiger partial charge < -0.3 is 4.57 Å². The largest absolute Gasteiger partial charge is 0.308 e. The summed E-state index contributed by atoms with van der Waals surface area (Å²) in [7, 11) is 0. The van der Waals surface area contributed by atoms with Crippen LogP contribution in [0.3, 0.4) is 0 Å². The molecule has 0 N–H and O–H groups in total. The minimum absolute atomic E-state index is 0.540. The number of aromatic nitrogens is 4. The van der Waals surface area contributed by atoms with Gasteiger partial charge in [-0.3, -0.25) is 0 Å². The molecule has 0 atom stereocenters. The third-order valence-electron chi connectivity index (χ3n) is 8.33. The lowest BCUT2D eigenvalue weighted by Gasteiger charge is -2.16. The van der Waals surface area contributed by atoms with Gasteiger partial charge in [0.2, 0.25) is 0 Å². The zero-order valence-corrected chi connectivity index (χ0v) is 25.0. The molecule has 0 amide bonds. The SMILES string of the molecule is N#Cc1ccc(-c2ccc(-c3nc(-c4ccccc4)nc(-c4ccccc4)n3)c(-n3c4ccccc4c4cc(C#N)ccc43)c2)cc1. The molecule has 0 fully saturated rings. The summed E-state index contributed by atoms with van der Waals surface area (Å²) in [5, 5.41) is 21.1. The zero-order valence-electron chi connectivity index (χ0n) is 25.0. The zero-order chi connectivity index (χ0) is 31.7. The number of fused-ring (bicyclic) bond motifs is 3. The van der Waals surface area contributed by atoms with Crippen LogP contribution in [-0.2, 0) is 0 Å². The van der Waals surface area contributed by atoms with E-state index in [2.05, 4.69) is 47.0 Å². The van der Waals surface area contributed by atoms with Crippen molar-refractivity contribution in [2.45, 2.75) is 0 Å². The summed E-state index contributed by atoms with van der Waals surface area (Å²) < 4.78 is 2.22. The maximum Gasteiger partial charge on any atom is 0.166 e. The van der Waals surface area contributed by atoms with E-state index in [4.69, 9.17) is 15.0 Å². The molecule has 0 aliphatic rings. The average Bonchev–Trinajstić information content (AvgIpc) is 3.48. The van der Waals surface area contributed by atoms with Crippen LogP contribution in [0.15, 0.2) is 146 Å². The van der Waals surface area contributed by atoms with Crippen LogP contribution >= 0.6 is 0 Å². The van der Waals surface area contributed by atoms with Crippen molar-refractivity contribution in [2.24, 2.45) is 0 Å². The first-order valence-electron chi connectivity index (χ1n) is 15.2. The highest BCUT2D eigenvalue weighted by Crippen LogP contribution is 2.38. The van der Waals surface area contributed by atoms with Crippen LogP contribution in [0.5, 0.6) is 0 Å². The van der Waals surface area contributed by atoms with Crippen LogP contribution in [0.4, 0.5) is 0 Å². The molecule has 0 bridgehead atoms. The second kappa shape index (κ2) is 11.6. The maximum atomic E-state index is 9.73. The first-order chi connectivity index (χ1) is 23.2. The molecule has 6 heteroatoms. The molecule has 0 radical (unpaired) electrons. The van der Waals surface area contributed by atoms with E-state index in [1.54, 1.807) is 0 Å². The van der Waals surface area contributed by atoms with Gasteiger partial charge >= 0.3 is 0 Å². The number of hydrogen-bond acceptors (Lipinski definition) is 5. The molecule has 2 aromatic heterocycles. The van der Waals surface area contributed by atoms with Gasteiger partial charge in [0.05, 0.1) is 40.0 Å². The van der Waals surface area contributed by atoms with Crippen LogP contribution in [0.25, 0.3) is 72.8 Å². The fourth-order valence-corrected chi connectivity index (χ4v) is 6.05. The predicted molar refractivity (Wildman–Crippen MR) is 185 cm³/mol. The molecule has 218 valence electrons. The van der Waals surface area contributed by atoms with Crippen LogP contribution in [0.2, 0.25) is 0 Å². The van der Waals surface area contributed by atoms with Crippen LogP contribution in [0.1, 0.15) is 11.1 Å². The maximum absolute atomic E-state index is 9.73. The number of hydrogen-bond donors (Lipinski definition) is 0. The van der Waals surface area contributed by atoms with Gasteiger partial charge in [0.1, 0.15) is 0 Å². The Hall–Kier alpha value is -6.89. The van der Waals surface area contributed by atoms with Crippen molar-refractivity contribution in [3.8, 4) is 63.1 Å². The van der Waals surface area contributed by atoms with Crippen LogP contribution < -0.4 is 0 Å². The minimum atomic E-state index is 0.540. The van der Waals surface area contributed by atoms with Crippen molar-refractivity contribution < 1.29 is 0 Å². The van der Waals surface area contributed by atoms with Crippen LogP contribution in [-0.4, -0.2) is 19.5 Å². The molecule has 47 heavy (non-hydrogen) atoms. The second-order valence-electron chi connectivity index (χ2n) is 11.2. The smallest absolute Gasteiger partial charge is 0.166 e. The van der Waals surface area contributed by atoms with Crippen molar-refractivity contribution in [3.05, 3.63) is 157 Å². The van der Waals surface area contributed by atoms with E-state index in [1.807, 2.05) is 115 Å². The molecule has 8 rings (SSSR count). The Morgan fingerprint density at radius 2 is 0.979 bits per heavy atom. The normalized spacial score (nSPS) is 10.9. The van der Waals surface area contributed by atoms with Crippen molar-refractivity contribution in [1.82, 2.24) is 19.5 Å². The summed E-state index contributed by atoms with van der Waals surface area (Å²) in [5.74, 6) is 1.70. The van der Waals surface area contributed by atoms with Gasteiger partial charge in [-0.1, -0.05) is 97.1 Å². The summed E-state index contributed by atoms with van der Waals surface area (Å²) >= 11 is 0. The van der Waals surface area contributed by atoms with Crippen molar-refractivity contribution in [2.75, 3.05) is 0 Å². The first kappa shape index (κ1) is 27.6. The first-order valence-corrected chi connectivity index (χ1v) is 15.2. The summed E-state index contributed by atoms with van der Waals surface area (Å²) in [6.07, 6.45) is 0. The molecule has 2 heterocycles. The van der Waals surface area contributed by atoms with E-state index in [9.17, 15) is 10.5 Å². The molecule has 0 saturated heterocycles. The average molecular weight is 601 g/mol. The third-order valence-corrected chi connectivity index (χ3v) is 8.33. The van der Waals surface area contributed by atoms with E-state index < -0.39 is 0 Å². The number of nitriles is 2. The van der Waals surface area contributed by atoms with Crippen molar-refractivity contribution >= 4 is 21.8 Å². The van der Waals surface area contributed by atoms with Gasteiger partial charge in [-0.2, -0.15) is 10.5 Å². The standard InChI is InChI=1S/C41H24N6/c42-25-27-15-18-29(19-16-27)32-20-21-34(38(24-32)47-36-14-8-7-13-33(36)35-23-28(26-43)17-22-37(35)47)41-45-39(30-9-3-1-4-10-30)44-40(46-41)31-11-5-2-6-12-31/h1-24H. The Bertz CT molecular complexity index is 2460. The molecule has 0 unspecified atom stereocenters. The highest BCUT2D eigenvalue weighted by atomic mass is 15.1. The topological polar surface area (TPSA) is 91.2 Å². The number of rotatable bonds is 5. The van der Waals surface area contributed by atoms with E-state index in [0.29, 0.717) is 28.6 Å². The van der Waals surface area contributed by atoms with E-state index in [0.717, 1.165) is 55.3 Å². The predicted octanol–water partition coefficient (Wildman–Crippen LogP) is 9.38. The molecule has 0 aliphatic heterocycles. The highest BCUT2D eigenvalue weighted by molar-refractivity contribution is 6.10. The van der Waals surface area contributed by atoms with Crippen molar-refractivity contribution in [1.29, 1.82) is 10.5 Å². The van der Waals surface area contributed by atoms with E-state index in [1.165, 1.54) is 0 Å². The highest BCUT2D eigenvalue weighted by Gasteiger charge is 2.20. The second-order valence-corrected chi connectivity index (χ2v) is 11.2. The molecular weight excluding hydrogens is 576 g/mol. The van der Waals surface area contributed by atoms with E-state index in [-0.39, 0.29) is 0 Å². The lowest BCUT2D eigenvalue weighted by atomic mass is 10.0. The molecule has 0 spiro atoms. The quantitative estimate of drug-likeness (QED) is 0.196. The lowest BCUT2D eigenvalue weighted by Crippen LogP contribution is -2.04. The Balaban J connectivity index is 1.45. The fraction of sp³-hybridized carbons (Fsp3) is 0. The van der Waals surface area contributed by atoms with Gasteiger partial charge in [-0.25, -0.2) is 15.0 Å². The fourth-order valence-electron chi connectivity index (χ4n) is 6.05. The number of para-hydroxylation sites is 1. The molecule has 0 aliphatic carbocycles. The van der Waals surface area contributed by atoms with Gasteiger partial charge in [-0.15, -0.1) is 0 Å². The number of benzene rings is 6. The van der Waals surface area contributed by atoms with Gasteiger partial charge in [0.15, 0.2) is 17.5 Å². The molecule has 6 nitrogen and oxygen atoms in total. The monoisotopic (exact) mass is 600 g/mol. The summed E-state index contributed by atoms with van der Waals surface area (Å²) in [4.78, 5) is 15.0. The van der Waals surface area contributed by atoms with Gasteiger partial charge in [0.25, 0.3) is 0 Å². The van der Waals surface area contributed by atoms with Crippen LogP contribution in [0, 0.1) is 22.7 Å². The Labute approximate surface area is 271 Å². The Kier molecular flexibility index (Phi) is 6.80. The molecular formula is C41H24N6. The molecule has 8 aromatic rings. The summed E-state index contributed by atoms with van der Waals surface area (Å²) in [6, 6.07) is 52.3. The molecule has 6 aromatic carbocycles. The lowest BCUT2D eigenvalue weighted by molar-refractivity contribution is 1.06. The number of nitrogens with zero attached hydrogens (tertiary/aromatic N) is 6. The third kappa shape index (κ3) is 4.97. The Morgan fingerprint density at radius 1 is 0.426 bits per heavy atom. The van der Waals surface area contributed by atoms with Gasteiger partial charge in [-0.05, 0) is 59.7 Å². The summed E-state index contributed by atoms with van der Waals surface area (Å²) in [5.41, 5.74) is 8.62. The van der Waals surface area contributed by atoms with E-state index >= 15 is 0 Å². The molecule has 0 saturated carbocycles. The van der Waals surface area contributed by atoms with Crippen molar-refractivity contribution in [3.63, 3.8) is 0 Å².